The van der Waals surface area contributed by atoms with Crippen molar-refractivity contribution in [3.05, 3.63) is 58.9 Å². The van der Waals surface area contributed by atoms with Gasteiger partial charge in [0.2, 0.25) is 11.8 Å². The van der Waals surface area contributed by atoms with E-state index in [2.05, 4.69) is 27.5 Å². The van der Waals surface area contributed by atoms with Crippen molar-refractivity contribution in [3.63, 3.8) is 0 Å². The van der Waals surface area contributed by atoms with Crippen LogP contribution in [0.4, 0.5) is 21.8 Å². The van der Waals surface area contributed by atoms with Crippen molar-refractivity contribution in [2.45, 2.75) is 6.54 Å². The molecule has 109 valence electrons. The predicted molar refractivity (Wildman–Crippen MR) is 76.3 cm³/mol. The van der Waals surface area contributed by atoms with Gasteiger partial charge in [-0.3, -0.25) is 10.1 Å². The fourth-order valence-electron chi connectivity index (χ4n) is 1.67. The SMILES string of the molecule is [CH2]CNc1nc(NCc2cccc(F)c2)ncc1[N+](=O)[O-]. The lowest BCUT2D eigenvalue weighted by Gasteiger charge is -2.08. The van der Waals surface area contributed by atoms with Gasteiger partial charge in [0.05, 0.1) is 4.92 Å². The number of halogens is 1. The van der Waals surface area contributed by atoms with Crippen LogP contribution in [0.2, 0.25) is 0 Å². The molecular weight excluding hydrogens is 277 g/mol. The number of nitrogens with zero attached hydrogens (tertiary/aromatic N) is 3. The molecule has 0 saturated carbocycles. The molecule has 1 aromatic carbocycles. The number of benzene rings is 1. The molecule has 0 aliphatic rings. The lowest BCUT2D eigenvalue weighted by atomic mass is 10.2. The Morgan fingerprint density at radius 3 is 2.86 bits per heavy atom. The number of hydrogen-bond acceptors (Lipinski definition) is 6. The number of nitro groups is 1. The Kier molecular flexibility index (Phi) is 4.60. The van der Waals surface area contributed by atoms with Gasteiger partial charge in [-0.1, -0.05) is 12.1 Å². The quantitative estimate of drug-likeness (QED) is 0.626. The summed E-state index contributed by atoms with van der Waals surface area (Å²) in [5.74, 6) is -0.0362. The van der Waals surface area contributed by atoms with E-state index < -0.39 is 4.92 Å². The number of aromatic nitrogens is 2. The molecule has 21 heavy (non-hydrogen) atoms. The number of anilines is 2. The average Bonchev–Trinajstić information content (AvgIpc) is 2.45. The van der Waals surface area contributed by atoms with Gasteiger partial charge < -0.3 is 10.6 Å². The second-order valence-electron chi connectivity index (χ2n) is 4.09. The highest BCUT2D eigenvalue weighted by Gasteiger charge is 2.16. The summed E-state index contributed by atoms with van der Waals surface area (Å²) in [5, 5.41) is 16.4. The molecule has 0 bridgehead atoms. The summed E-state index contributed by atoms with van der Waals surface area (Å²) >= 11 is 0. The van der Waals surface area contributed by atoms with E-state index in [9.17, 15) is 14.5 Å². The van der Waals surface area contributed by atoms with E-state index in [1.807, 2.05) is 0 Å². The Morgan fingerprint density at radius 1 is 1.38 bits per heavy atom. The highest BCUT2D eigenvalue weighted by molar-refractivity contribution is 5.57. The molecule has 2 N–H and O–H groups in total. The third-order valence-electron chi connectivity index (χ3n) is 2.60. The second-order valence-corrected chi connectivity index (χ2v) is 4.09. The lowest BCUT2D eigenvalue weighted by molar-refractivity contribution is -0.384. The standard InChI is InChI=1S/C13H13FN5O2/c1-2-15-12-11(19(20)21)8-17-13(18-12)16-7-9-4-3-5-10(14)6-9/h3-6,8H,1-2,7H2,(H2,15,16,17,18). The fourth-order valence-corrected chi connectivity index (χ4v) is 1.67. The molecule has 2 rings (SSSR count). The average molecular weight is 290 g/mol. The summed E-state index contributed by atoms with van der Waals surface area (Å²) in [6.45, 7) is 4.11. The van der Waals surface area contributed by atoms with E-state index >= 15 is 0 Å². The highest BCUT2D eigenvalue weighted by atomic mass is 19.1. The molecule has 0 spiro atoms. The summed E-state index contributed by atoms with van der Waals surface area (Å²) in [5.41, 5.74) is 0.485. The molecular formula is C13H13FN5O2. The molecule has 1 heterocycles. The Hall–Kier alpha value is -2.77. The molecule has 0 saturated heterocycles. The zero-order valence-electron chi connectivity index (χ0n) is 11.0. The van der Waals surface area contributed by atoms with Gasteiger partial charge in [-0.25, -0.2) is 9.37 Å². The second kappa shape index (κ2) is 6.60. The van der Waals surface area contributed by atoms with E-state index in [1.165, 1.54) is 12.1 Å². The molecule has 0 aliphatic heterocycles. The molecule has 8 heteroatoms. The predicted octanol–water partition coefficient (Wildman–Crippen LogP) is 2.38. The summed E-state index contributed by atoms with van der Waals surface area (Å²) in [4.78, 5) is 18.1. The van der Waals surface area contributed by atoms with Crippen LogP contribution in [0.1, 0.15) is 5.56 Å². The minimum absolute atomic E-state index is 0.0896. The molecule has 0 fully saturated rings. The minimum Gasteiger partial charge on any atom is -0.364 e. The van der Waals surface area contributed by atoms with Crippen molar-refractivity contribution in [2.24, 2.45) is 0 Å². The Bertz CT molecular complexity index is 650. The number of rotatable bonds is 6. The Labute approximate surface area is 120 Å². The van der Waals surface area contributed by atoms with Gasteiger partial charge in [-0.15, -0.1) is 0 Å². The van der Waals surface area contributed by atoms with E-state index in [-0.39, 0.29) is 29.8 Å². The summed E-state index contributed by atoms with van der Waals surface area (Å²) < 4.78 is 13.0. The highest BCUT2D eigenvalue weighted by Crippen LogP contribution is 2.21. The van der Waals surface area contributed by atoms with Crippen molar-refractivity contribution in [3.8, 4) is 0 Å². The van der Waals surface area contributed by atoms with Gasteiger partial charge in [-0.05, 0) is 24.6 Å². The lowest BCUT2D eigenvalue weighted by Crippen LogP contribution is -2.09. The van der Waals surface area contributed by atoms with Crippen LogP contribution in [0.15, 0.2) is 30.5 Å². The van der Waals surface area contributed by atoms with Crippen molar-refractivity contribution in [1.29, 1.82) is 0 Å². The van der Waals surface area contributed by atoms with Crippen LogP contribution in [0.3, 0.4) is 0 Å². The zero-order chi connectivity index (χ0) is 15.2. The zero-order valence-corrected chi connectivity index (χ0v) is 11.0. The monoisotopic (exact) mass is 290 g/mol. The molecule has 0 unspecified atom stereocenters. The van der Waals surface area contributed by atoms with Crippen LogP contribution in [-0.4, -0.2) is 21.4 Å². The van der Waals surface area contributed by atoms with Gasteiger partial charge in [0.25, 0.3) is 0 Å². The van der Waals surface area contributed by atoms with Crippen LogP contribution in [0.25, 0.3) is 0 Å². The van der Waals surface area contributed by atoms with Crippen LogP contribution >= 0.6 is 0 Å². The molecule has 2 aromatic rings. The van der Waals surface area contributed by atoms with Crippen LogP contribution in [-0.2, 0) is 6.54 Å². The molecule has 0 atom stereocenters. The Morgan fingerprint density at radius 2 is 2.19 bits per heavy atom. The maximum absolute atomic E-state index is 13.0. The number of nitrogens with one attached hydrogen (secondary N) is 2. The normalized spacial score (nSPS) is 10.2. The summed E-state index contributed by atoms with van der Waals surface area (Å²) in [6.07, 6.45) is 1.11. The maximum atomic E-state index is 13.0. The first-order valence-corrected chi connectivity index (χ1v) is 6.13. The summed E-state index contributed by atoms with van der Waals surface area (Å²) in [6, 6.07) is 6.07. The van der Waals surface area contributed by atoms with Gasteiger partial charge >= 0.3 is 5.69 Å². The summed E-state index contributed by atoms with van der Waals surface area (Å²) in [7, 11) is 0. The van der Waals surface area contributed by atoms with Crippen molar-refractivity contribution >= 4 is 17.5 Å². The largest absolute Gasteiger partial charge is 0.364 e. The first-order chi connectivity index (χ1) is 10.1. The van der Waals surface area contributed by atoms with E-state index in [4.69, 9.17) is 0 Å². The van der Waals surface area contributed by atoms with Crippen LogP contribution in [0, 0.1) is 22.9 Å². The van der Waals surface area contributed by atoms with Crippen molar-refractivity contribution in [2.75, 3.05) is 17.2 Å². The molecule has 0 amide bonds. The number of hydrogen-bond donors (Lipinski definition) is 2. The molecule has 1 radical (unpaired) electrons. The smallest absolute Gasteiger partial charge is 0.329 e. The van der Waals surface area contributed by atoms with Crippen LogP contribution in [0.5, 0.6) is 0 Å². The topological polar surface area (TPSA) is 93.0 Å². The van der Waals surface area contributed by atoms with Crippen molar-refractivity contribution in [1.82, 2.24) is 9.97 Å². The van der Waals surface area contributed by atoms with E-state index in [0.29, 0.717) is 12.1 Å². The first kappa shape index (κ1) is 14.6. The van der Waals surface area contributed by atoms with Crippen molar-refractivity contribution < 1.29 is 9.31 Å². The first-order valence-electron chi connectivity index (χ1n) is 6.13. The van der Waals surface area contributed by atoms with E-state index in [1.54, 1.807) is 12.1 Å². The molecule has 0 aliphatic carbocycles. The molecule has 1 aromatic heterocycles. The van der Waals surface area contributed by atoms with Gasteiger partial charge in [0.15, 0.2) is 0 Å². The van der Waals surface area contributed by atoms with Crippen LogP contribution < -0.4 is 10.6 Å². The minimum atomic E-state index is -0.575. The molecule has 7 nitrogen and oxygen atoms in total. The Balaban J connectivity index is 2.13. The third kappa shape index (κ3) is 3.85. The maximum Gasteiger partial charge on any atom is 0.329 e. The fraction of sp³-hybridized carbons (Fsp3) is 0.154. The third-order valence-corrected chi connectivity index (χ3v) is 2.60. The van der Waals surface area contributed by atoms with E-state index in [0.717, 1.165) is 6.20 Å². The van der Waals surface area contributed by atoms with Gasteiger partial charge in [0.1, 0.15) is 12.0 Å². The van der Waals surface area contributed by atoms with Gasteiger partial charge in [-0.2, -0.15) is 4.98 Å². The van der Waals surface area contributed by atoms with Gasteiger partial charge in [0, 0.05) is 13.1 Å².